The van der Waals surface area contributed by atoms with Crippen LogP contribution in [0.1, 0.15) is 41.3 Å². The van der Waals surface area contributed by atoms with Gasteiger partial charge in [-0.2, -0.15) is 0 Å². The van der Waals surface area contributed by atoms with E-state index in [1.807, 2.05) is 39.0 Å². The monoisotopic (exact) mass is 386 g/mol. The number of rotatable bonds is 7. The molecule has 148 valence electrons. The van der Waals surface area contributed by atoms with Gasteiger partial charge in [-0.25, -0.2) is 4.79 Å². The minimum absolute atomic E-state index is 0.0278. The van der Waals surface area contributed by atoms with Gasteiger partial charge in [0.05, 0.1) is 17.6 Å². The van der Waals surface area contributed by atoms with Crippen molar-refractivity contribution in [1.82, 2.24) is 0 Å². The van der Waals surface area contributed by atoms with Gasteiger partial charge in [0, 0.05) is 11.8 Å². The van der Waals surface area contributed by atoms with Gasteiger partial charge in [-0.3, -0.25) is 14.9 Å². The molecule has 0 bridgehead atoms. The van der Waals surface area contributed by atoms with Crippen molar-refractivity contribution in [3.63, 3.8) is 0 Å². The minimum Gasteiger partial charge on any atom is -0.490 e. The fraction of sp³-hybridized carbons (Fsp3) is 0.300. The van der Waals surface area contributed by atoms with Crippen LogP contribution >= 0.6 is 0 Å². The molecule has 0 saturated heterocycles. The number of ether oxygens (including phenoxy) is 2. The molecule has 0 saturated carbocycles. The van der Waals surface area contributed by atoms with Gasteiger partial charge < -0.3 is 14.8 Å². The van der Waals surface area contributed by atoms with Crippen molar-refractivity contribution in [1.29, 1.82) is 0 Å². The summed E-state index contributed by atoms with van der Waals surface area (Å²) in [4.78, 5) is 34.8. The van der Waals surface area contributed by atoms with E-state index in [0.717, 1.165) is 17.2 Å². The molecule has 8 heteroatoms. The van der Waals surface area contributed by atoms with Crippen LogP contribution in [0, 0.1) is 17.0 Å². The van der Waals surface area contributed by atoms with Crippen molar-refractivity contribution in [3.8, 4) is 5.75 Å². The van der Waals surface area contributed by atoms with Crippen LogP contribution in [0.5, 0.6) is 5.75 Å². The molecule has 0 spiro atoms. The van der Waals surface area contributed by atoms with Crippen molar-refractivity contribution >= 4 is 23.3 Å². The number of anilines is 1. The van der Waals surface area contributed by atoms with E-state index < -0.39 is 23.4 Å². The number of carbonyl (C=O) groups is 2. The van der Waals surface area contributed by atoms with E-state index in [2.05, 4.69) is 5.32 Å². The lowest BCUT2D eigenvalue weighted by Gasteiger charge is -2.16. The number of benzene rings is 2. The molecule has 0 aliphatic carbocycles. The standard InChI is InChI=1S/C20H22N2O6/c1-12(2)15-7-5-6-13(3)19(15)21-18(23)11-28-20(24)14-8-9-17(27-4)16(10-14)22(25)26/h5-10,12H,11H2,1-4H3,(H,21,23). The van der Waals surface area contributed by atoms with E-state index in [1.54, 1.807) is 0 Å². The first-order chi connectivity index (χ1) is 13.2. The van der Waals surface area contributed by atoms with Crippen LogP contribution in [0.25, 0.3) is 0 Å². The van der Waals surface area contributed by atoms with Gasteiger partial charge in [-0.05, 0) is 36.1 Å². The number of methoxy groups -OCH3 is 1. The van der Waals surface area contributed by atoms with Crippen molar-refractivity contribution in [2.24, 2.45) is 0 Å². The fourth-order valence-electron chi connectivity index (χ4n) is 2.69. The van der Waals surface area contributed by atoms with Crippen molar-refractivity contribution in [2.75, 3.05) is 19.0 Å². The summed E-state index contributed by atoms with van der Waals surface area (Å²) in [5, 5.41) is 13.8. The smallest absolute Gasteiger partial charge is 0.338 e. The van der Waals surface area contributed by atoms with Crippen LogP contribution in [-0.4, -0.2) is 30.5 Å². The van der Waals surface area contributed by atoms with E-state index >= 15 is 0 Å². The maximum Gasteiger partial charge on any atom is 0.338 e. The Kier molecular flexibility index (Phi) is 6.70. The number of esters is 1. The van der Waals surface area contributed by atoms with Crippen LogP contribution in [-0.2, 0) is 9.53 Å². The number of para-hydroxylation sites is 1. The van der Waals surface area contributed by atoms with Crippen LogP contribution in [0.4, 0.5) is 11.4 Å². The lowest BCUT2D eigenvalue weighted by atomic mass is 9.98. The number of aryl methyl sites for hydroxylation is 1. The highest BCUT2D eigenvalue weighted by Crippen LogP contribution is 2.28. The van der Waals surface area contributed by atoms with E-state index in [1.165, 1.54) is 19.2 Å². The van der Waals surface area contributed by atoms with E-state index in [-0.39, 0.29) is 22.9 Å². The molecule has 0 radical (unpaired) electrons. The highest BCUT2D eigenvalue weighted by atomic mass is 16.6. The predicted molar refractivity (Wildman–Crippen MR) is 104 cm³/mol. The molecular formula is C20H22N2O6. The Morgan fingerprint density at radius 1 is 1.21 bits per heavy atom. The van der Waals surface area contributed by atoms with Crippen LogP contribution < -0.4 is 10.1 Å². The Morgan fingerprint density at radius 2 is 1.93 bits per heavy atom. The molecule has 0 unspecified atom stereocenters. The summed E-state index contributed by atoms with van der Waals surface area (Å²) in [5.41, 5.74) is 2.17. The summed E-state index contributed by atoms with van der Waals surface area (Å²) in [5.74, 6) is -1.10. The van der Waals surface area contributed by atoms with Gasteiger partial charge in [0.1, 0.15) is 0 Å². The molecule has 2 rings (SSSR count). The summed E-state index contributed by atoms with van der Waals surface area (Å²) in [6.45, 7) is 5.40. The second kappa shape index (κ2) is 8.98. The van der Waals surface area contributed by atoms with E-state index in [4.69, 9.17) is 9.47 Å². The first-order valence-corrected chi connectivity index (χ1v) is 8.63. The maximum absolute atomic E-state index is 12.2. The summed E-state index contributed by atoms with van der Waals surface area (Å²) in [7, 11) is 1.29. The molecular weight excluding hydrogens is 364 g/mol. The third-order valence-electron chi connectivity index (χ3n) is 4.14. The number of nitrogens with one attached hydrogen (secondary N) is 1. The third kappa shape index (κ3) is 4.85. The zero-order valence-corrected chi connectivity index (χ0v) is 16.1. The molecule has 0 aromatic heterocycles. The second-order valence-corrected chi connectivity index (χ2v) is 6.46. The van der Waals surface area contributed by atoms with Crippen molar-refractivity contribution in [2.45, 2.75) is 26.7 Å². The Balaban J connectivity index is 2.07. The molecule has 0 heterocycles. The Hall–Kier alpha value is -3.42. The van der Waals surface area contributed by atoms with Gasteiger partial charge in [0.15, 0.2) is 12.4 Å². The van der Waals surface area contributed by atoms with Crippen molar-refractivity contribution in [3.05, 3.63) is 63.2 Å². The first-order valence-electron chi connectivity index (χ1n) is 8.63. The van der Waals surface area contributed by atoms with Crippen LogP contribution in [0.15, 0.2) is 36.4 Å². The predicted octanol–water partition coefficient (Wildman–Crippen LogP) is 3.83. The Bertz CT molecular complexity index is 908. The molecule has 28 heavy (non-hydrogen) atoms. The molecule has 2 aromatic rings. The zero-order chi connectivity index (χ0) is 20.8. The summed E-state index contributed by atoms with van der Waals surface area (Å²) in [6, 6.07) is 9.41. The molecule has 2 aromatic carbocycles. The number of nitro groups is 1. The average Bonchev–Trinajstić information content (AvgIpc) is 2.66. The Labute approximate surface area is 162 Å². The fourth-order valence-corrected chi connectivity index (χ4v) is 2.69. The summed E-state index contributed by atoms with van der Waals surface area (Å²) in [6.07, 6.45) is 0. The van der Waals surface area contributed by atoms with E-state index in [0.29, 0.717) is 5.69 Å². The number of nitrogens with zero attached hydrogens (tertiary/aromatic N) is 1. The van der Waals surface area contributed by atoms with Gasteiger partial charge in [-0.15, -0.1) is 0 Å². The SMILES string of the molecule is COc1ccc(C(=O)OCC(=O)Nc2c(C)cccc2C(C)C)cc1[N+](=O)[O-]. The second-order valence-electron chi connectivity index (χ2n) is 6.46. The summed E-state index contributed by atoms with van der Waals surface area (Å²) >= 11 is 0. The lowest BCUT2D eigenvalue weighted by Crippen LogP contribution is -2.22. The number of carbonyl (C=O) groups excluding carboxylic acids is 2. The highest BCUT2D eigenvalue weighted by Gasteiger charge is 2.20. The normalized spacial score (nSPS) is 10.5. The summed E-state index contributed by atoms with van der Waals surface area (Å²) < 4.78 is 9.89. The maximum atomic E-state index is 12.2. The topological polar surface area (TPSA) is 108 Å². The number of hydrogen-bond acceptors (Lipinski definition) is 6. The van der Waals surface area contributed by atoms with Crippen molar-refractivity contribution < 1.29 is 24.0 Å². The molecule has 1 N–H and O–H groups in total. The average molecular weight is 386 g/mol. The molecule has 0 aliphatic heterocycles. The van der Waals surface area contributed by atoms with Gasteiger partial charge >= 0.3 is 11.7 Å². The van der Waals surface area contributed by atoms with Crippen LogP contribution in [0.3, 0.4) is 0 Å². The number of amides is 1. The first kappa shape index (κ1) is 20.9. The third-order valence-corrected chi connectivity index (χ3v) is 4.14. The quantitative estimate of drug-likeness (QED) is 0.440. The molecule has 0 atom stereocenters. The highest BCUT2D eigenvalue weighted by molar-refractivity contribution is 5.96. The Morgan fingerprint density at radius 3 is 2.54 bits per heavy atom. The lowest BCUT2D eigenvalue weighted by molar-refractivity contribution is -0.385. The van der Waals surface area contributed by atoms with Crippen LogP contribution in [0.2, 0.25) is 0 Å². The molecule has 8 nitrogen and oxygen atoms in total. The minimum atomic E-state index is -0.838. The molecule has 0 fully saturated rings. The van der Waals surface area contributed by atoms with Gasteiger partial charge in [0.25, 0.3) is 5.91 Å². The zero-order valence-electron chi connectivity index (χ0n) is 16.1. The number of nitro benzene ring substituents is 1. The van der Waals surface area contributed by atoms with Gasteiger partial charge in [-0.1, -0.05) is 32.0 Å². The van der Waals surface area contributed by atoms with Gasteiger partial charge in [0.2, 0.25) is 0 Å². The largest absolute Gasteiger partial charge is 0.490 e. The van der Waals surface area contributed by atoms with E-state index in [9.17, 15) is 19.7 Å². The molecule has 1 amide bonds. The molecule has 0 aliphatic rings. The number of hydrogen-bond donors (Lipinski definition) is 1.